The number of ether oxygens (including phenoxy) is 4. The van der Waals surface area contributed by atoms with E-state index in [2.05, 4.69) is 20.4 Å². The number of carbonyl (C=O) groups is 3. The number of nitrogens with zero attached hydrogens (tertiary/aromatic N) is 2. The van der Waals surface area contributed by atoms with E-state index in [4.69, 9.17) is 38.7 Å². The van der Waals surface area contributed by atoms with Gasteiger partial charge in [0.05, 0.1) is 25.1 Å². The summed E-state index contributed by atoms with van der Waals surface area (Å²) in [6.45, 7) is 4.68. The van der Waals surface area contributed by atoms with Crippen molar-refractivity contribution in [2.24, 2.45) is 0 Å². The molecular formula is C28H28F6N4O9. The lowest BCUT2D eigenvalue weighted by Crippen LogP contribution is -2.40. The number of H-pyrrole nitrogens is 1. The predicted molar refractivity (Wildman–Crippen MR) is 149 cm³/mol. The second kappa shape index (κ2) is 16.5. The van der Waals surface area contributed by atoms with Crippen LogP contribution < -0.4 is 19.5 Å². The smallest absolute Gasteiger partial charge is 0.490 e. The molecule has 47 heavy (non-hydrogen) atoms. The third kappa shape index (κ3) is 11.7. The van der Waals surface area contributed by atoms with Gasteiger partial charge in [-0.1, -0.05) is 18.2 Å². The van der Waals surface area contributed by atoms with Crippen LogP contribution in [0.25, 0.3) is 11.1 Å². The molecule has 1 fully saturated rings. The zero-order valence-electron chi connectivity index (χ0n) is 24.1. The van der Waals surface area contributed by atoms with Crippen LogP contribution in [-0.2, 0) is 19.1 Å². The summed E-state index contributed by atoms with van der Waals surface area (Å²) in [5.41, 5.74) is 2.46. The monoisotopic (exact) mass is 678 g/mol. The third-order valence-corrected chi connectivity index (χ3v) is 6.13. The second-order valence-corrected chi connectivity index (χ2v) is 9.46. The summed E-state index contributed by atoms with van der Waals surface area (Å²) in [6.07, 6.45) is -7.36. The molecule has 1 amide bonds. The molecule has 256 valence electrons. The molecule has 0 bridgehead atoms. The van der Waals surface area contributed by atoms with E-state index >= 15 is 0 Å². The molecule has 2 aromatic carbocycles. The number of carbonyl (C=O) groups excluding carboxylic acids is 1. The van der Waals surface area contributed by atoms with Crippen LogP contribution in [0.5, 0.6) is 17.2 Å². The van der Waals surface area contributed by atoms with E-state index in [9.17, 15) is 31.1 Å². The number of benzene rings is 2. The van der Waals surface area contributed by atoms with Crippen molar-refractivity contribution in [3.8, 4) is 28.4 Å². The molecule has 3 aromatic rings. The number of para-hydroxylation sites is 2. The van der Waals surface area contributed by atoms with Crippen LogP contribution >= 0.6 is 0 Å². The predicted octanol–water partition coefficient (Wildman–Crippen LogP) is 3.83. The first kappa shape index (κ1) is 36.4. The number of hydrogen-bond acceptors (Lipinski definition) is 9. The van der Waals surface area contributed by atoms with Crippen molar-refractivity contribution in [2.45, 2.75) is 18.5 Å². The Labute approximate surface area is 262 Å². The first-order valence-electron chi connectivity index (χ1n) is 13.5. The Morgan fingerprint density at radius 1 is 0.957 bits per heavy atom. The lowest BCUT2D eigenvalue weighted by molar-refractivity contribution is -0.193. The lowest BCUT2D eigenvalue weighted by atomic mass is 10.1. The number of morpholine rings is 1. The summed E-state index contributed by atoms with van der Waals surface area (Å²) >= 11 is 0. The van der Waals surface area contributed by atoms with Gasteiger partial charge < -0.3 is 34.5 Å². The number of carboxylic acid groups (broad SMARTS) is 2. The van der Waals surface area contributed by atoms with Gasteiger partial charge in [-0.25, -0.2) is 9.59 Å². The molecule has 1 aromatic heterocycles. The highest BCUT2D eigenvalue weighted by Crippen LogP contribution is 2.33. The van der Waals surface area contributed by atoms with Crippen molar-refractivity contribution in [1.29, 1.82) is 0 Å². The fourth-order valence-corrected chi connectivity index (χ4v) is 3.80. The lowest BCUT2D eigenvalue weighted by Gasteiger charge is -2.27. The van der Waals surface area contributed by atoms with Gasteiger partial charge in [0, 0.05) is 31.4 Å². The molecule has 5 rings (SSSR count). The van der Waals surface area contributed by atoms with E-state index in [1.165, 1.54) is 0 Å². The van der Waals surface area contributed by atoms with Gasteiger partial charge in [0.2, 0.25) is 6.10 Å². The number of rotatable bonds is 7. The highest BCUT2D eigenvalue weighted by atomic mass is 19.4. The fraction of sp³-hybridized carbons (Fsp3) is 0.357. The Bertz CT molecular complexity index is 1460. The molecule has 2 aliphatic heterocycles. The second-order valence-electron chi connectivity index (χ2n) is 9.46. The first-order valence-corrected chi connectivity index (χ1v) is 13.5. The van der Waals surface area contributed by atoms with Crippen LogP contribution in [0.1, 0.15) is 0 Å². The normalized spacial score (nSPS) is 16.0. The molecule has 4 N–H and O–H groups in total. The summed E-state index contributed by atoms with van der Waals surface area (Å²) < 4.78 is 86.5. The molecule has 13 nitrogen and oxygen atoms in total. The molecular weight excluding hydrogens is 650 g/mol. The Balaban J connectivity index is 0.000000360. The zero-order valence-corrected chi connectivity index (χ0v) is 24.1. The van der Waals surface area contributed by atoms with Crippen LogP contribution in [0.15, 0.2) is 54.9 Å². The van der Waals surface area contributed by atoms with Gasteiger partial charge in [-0.05, 0) is 29.8 Å². The van der Waals surface area contributed by atoms with E-state index in [-0.39, 0.29) is 12.5 Å². The summed E-state index contributed by atoms with van der Waals surface area (Å²) in [5, 5.41) is 24.0. The number of halogens is 6. The van der Waals surface area contributed by atoms with E-state index in [1.54, 1.807) is 12.3 Å². The summed E-state index contributed by atoms with van der Waals surface area (Å²) in [7, 11) is 0. The van der Waals surface area contributed by atoms with Crippen molar-refractivity contribution in [3.63, 3.8) is 0 Å². The largest absolute Gasteiger partial charge is 0.490 e. The summed E-state index contributed by atoms with van der Waals surface area (Å²) in [6, 6.07) is 13.0. The summed E-state index contributed by atoms with van der Waals surface area (Å²) in [5.74, 6) is -4.02. The quantitative estimate of drug-likeness (QED) is 0.268. The van der Waals surface area contributed by atoms with Gasteiger partial charge in [0.1, 0.15) is 19.0 Å². The molecule has 0 spiro atoms. The molecule has 0 aliphatic carbocycles. The third-order valence-electron chi connectivity index (χ3n) is 6.13. The fourth-order valence-electron chi connectivity index (χ4n) is 3.80. The van der Waals surface area contributed by atoms with Gasteiger partial charge >= 0.3 is 24.3 Å². The zero-order chi connectivity index (χ0) is 34.6. The number of hydrogen-bond donors (Lipinski definition) is 4. The van der Waals surface area contributed by atoms with E-state index in [0.717, 1.165) is 44.0 Å². The minimum atomic E-state index is -5.08. The number of nitrogens with one attached hydrogen (secondary N) is 2. The van der Waals surface area contributed by atoms with Crippen molar-refractivity contribution >= 4 is 23.5 Å². The van der Waals surface area contributed by atoms with Gasteiger partial charge in [0.15, 0.2) is 11.5 Å². The Morgan fingerprint density at radius 3 is 2.15 bits per heavy atom. The maximum atomic E-state index is 13.0. The number of aliphatic carboxylic acids is 2. The Hall–Kier alpha value is -5.04. The number of aromatic amines is 1. The number of aromatic nitrogens is 2. The average molecular weight is 679 g/mol. The van der Waals surface area contributed by atoms with Crippen LogP contribution in [0.4, 0.5) is 32.0 Å². The van der Waals surface area contributed by atoms with Gasteiger partial charge in [-0.15, -0.1) is 0 Å². The van der Waals surface area contributed by atoms with Crippen molar-refractivity contribution in [1.82, 2.24) is 15.1 Å². The topological polar surface area (TPSA) is 173 Å². The maximum absolute atomic E-state index is 13.0. The van der Waals surface area contributed by atoms with Crippen molar-refractivity contribution in [2.75, 3.05) is 51.4 Å². The Kier molecular flexibility index (Phi) is 12.8. The van der Waals surface area contributed by atoms with Crippen molar-refractivity contribution in [3.05, 3.63) is 54.9 Å². The molecule has 19 heteroatoms. The summed E-state index contributed by atoms with van der Waals surface area (Å²) in [4.78, 5) is 33.0. The van der Waals surface area contributed by atoms with Gasteiger partial charge in [0.25, 0.3) is 5.91 Å². The SMILES string of the molecule is O=C(Nc1ccc(-c2cn[nH]c2)cc1OCCN1CCOCC1)[C@H]1COc2ccccc2O1.O=C(O)C(F)(F)F.O=C(O)C(F)(F)F. The first-order chi connectivity index (χ1) is 22.1. The van der Waals surface area contributed by atoms with Crippen LogP contribution in [0.3, 0.4) is 0 Å². The number of carboxylic acids is 2. The molecule has 0 radical (unpaired) electrons. The molecule has 0 saturated carbocycles. The average Bonchev–Trinajstić information content (AvgIpc) is 3.57. The minimum Gasteiger partial charge on any atom is -0.490 e. The highest BCUT2D eigenvalue weighted by molar-refractivity contribution is 5.96. The van der Waals surface area contributed by atoms with Crippen LogP contribution in [0, 0.1) is 0 Å². The molecule has 0 unspecified atom stereocenters. The number of alkyl halides is 6. The van der Waals surface area contributed by atoms with Crippen LogP contribution in [0.2, 0.25) is 0 Å². The van der Waals surface area contributed by atoms with E-state index in [0.29, 0.717) is 29.5 Å². The molecule has 2 aliphatic rings. The number of fused-ring (bicyclic) bond motifs is 1. The number of amides is 1. The molecule has 1 saturated heterocycles. The molecule has 1 atom stereocenters. The van der Waals surface area contributed by atoms with E-state index in [1.807, 2.05) is 42.6 Å². The van der Waals surface area contributed by atoms with Crippen molar-refractivity contribution < 1.29 is 69.9 Å². The highest BCUT2D eigenvalue weighted by Gasteiger charge is 2.39. The Morgan fingerprint density at radius 2 is 1.57 bits per heavy atom. The molecule has 3 heterocycles. The number of anilines is 1. The van der Waals surface area contributed by atoms with E-state index < -0.39 is 30.4 Å². The van der Waals surface area contributed by atoms with Gasteiger partial charge in [-0.3, -0.25) is 14.8 Å². The van der Waals surface area contributed by atoms with Gasteiger partial charge in [-0.2, -0.15) is 31.4 Å². The standard InChI is InChI=1S/C24H26N4O5.2C2HF3O2/c29-24(23-16-32-20-3-1-2-4-21(20)33-23)27-19-6-5-17(18-14-25-26-15-18)13-22(19)31-12-9-28-7-10-30-11-8-28;2*3-2(4,5)1(6)7/h1-6,13-15,23H,7-12,16H2,(H,25,26)(H,27,29);2*(H,6,7)/t23-;;/m1../s1. The van der Waals surface area contributed by atoms with Crippen LogP contribution in [-0.4, -0.2) is 108 Å². The minimum absolute atomic E-state index is 0.142. The maximum Gasteiger partial charge on any atom is 0.490 e.